The molecule has 0 aliphatic carbocycles. The fraction of sp³-hybridized carbons (Fsp3) is 0.344. The standard InChI is InChI=1S/C32H36N4O3/c1-3-32(4-2)21-29(37)36(31(33)35-32)27(19-22-11-6-5-7-12-22)23-13-10-14-24(20-23)30(38)34-26-17-18-39-28-16-9-8-15-25(26)28/h5-16,20,26-27H,3-4,17-19,21H2,1-2H3,(H2,33,35)(H,34,38)/t26-,27+/m0/s1. The number of fused-ring (bicyclic) bond motifs is 1. The summed E-state index contributed by atoms with van der Waals surface area (Å²) in [5.41, 5.74) is 9.48. The van der Waals surface area contributed by atoms with Gasteiger partial charge in [0.15, 0.2) is 5.96 Å². The van der Waals surface area contributed by atoms with Gasteiger partial charge in [-0.05, 0) is 48.6 Å². The van der Waals surface area contributed by atoms with Crippen LogP contribution in [0.15, 0.2) is 83.9 Å². The van der Waals surface area contributed by atoms with Crippen molar-refractivity contribution in [1.82, 2.24) is 10.2 Å². The molecule has 0 radical (unpaired) electrons. The summed E-state index contributed by atoms with van der Waals surface area (Å²) in [5, 5.41) is 3.18. The van der Waals surface area contributed by atoms with Gasteiger partial charge in [-0.1, -0.05) is 74.5 Å². The van der Waals surface area contributed by atoms with E-state index in [0.29, 0.717) is 31.4 Å². The molecule has 0 aromatic heterocycles. The van der Waals surface area contributed by atoms with Crippen LogP contribution in [-0.2, 0) is 11.2 Å². The predicted octanol–water partition coefficient (Wildman–Crippen LogP) is 5.33. The number of nitrogens with two attached hydrogens (primary N) is 1. The number of amides is 2. The molecule has 0 unspecified atom stereocenters. The molecule has 0 bridgehead atoms. The molecule has 0 spiro atoms. The second kappa shape index (κ2) is 11.3. The van der Waals surface area contributed by atoms with Crippen molar-refractivity contribution < 1.29 is 14.3 Å². The van der Waals surface area contributed by atoms with Crippen molar-refractivity contribution in [2.45, 2.75) is 63.6 Å². The van der Waals surface area contributed by atoms with Crippen molar-refractivity contribution >= 4 is 17.8 Å². The van der Waals surface area contributed by atoms with E-state index in [0.717, 1.165) is 35.3 Å². The zero-order valence-electron chi connectivity index (χ0n) is 22.6. The number of aliphatic imine (C=N–C) groups is 1. The summed E-state index contributed by atoms with van der Waals surface area (Å²) in [6, 6.07) is 24.8. The molecule has 39 heavy (non-hydrogen) atoms. The number of guanidine groups is 1. The first-order valence-corrected chi connectivity index (χ1v) is 13.8. The van der Waals surface area contributed by atoms with Gasteiger partial charge in [-0.15, -0.1) is 0 Å². The number of nitrogens with one attached hydrogen (secondary N) is 1. The van der Waals surface area contributed by atoms with Crippen LogP contribution in [0.5, 0.6) is 5.75 Å². The zero-order valence-corrected chi connectivity index (χ0v) is 22.6. The minimum atomic E-state index is -0.462. The molecule has 0 saturated carbocycles. The summed E-state index contributed by atoms with van der Waals surface area (Å²) in [7, 11) is 0. The Bertz CT molecular complexity index is 1370. The van der Waals surface area contributed by atoms with Gasteiger partial charge in [0.05, 0.1) is 30.7 Å². The quantitative estimate of drug-likeness (QED) is 0.416. The minimum absolute atomic E-state index is 0.0409. The molecule has 2 amide bonds. The highest BCUT2D eigenvalue weighted by atomic mass is 16.5. The van der Waals surface area contributed by atoms with Crippen LogP contribution < -0.4 is 15.8 Å². The van der Waals surface area contributed by atoms with Crippen LogP contribution in [-0.4, -0.2) is 34.8 Å². The molecular formula is C32H36N4O3. The Labute approximate surface area is 230 Å². The Hall–Kier alpha value is -4.13. The van der Waals surface area contributed by atoms with Crippen LogP contribution in [0.2, 0.25) is 0 Å². The van der Waals surface area contributed by atoms with E-state index in [9.17, 15) is 9.59 Å². The third-order valence-electron chi connectivity index (χ3n) is 8.04. The molecule has 2 aliphatic rings. The maximum atomic E-state index is 13.6. The van der Waals surface area contributed by atoms with Gasteiger partial charge >= 0.3 is 0 Å². The molecule has 7 heteroatoms. The number of carbonyl (C=O) groups is 2. The zero-order chi connectivity index (χ0) is 27.4. The van der Waals surface area contributed by atoms with Crippen LogP contribution in [0.3, 0.4) is 0 Å². The van der Waals surface area contributed by atoms with E-state index in [1.54, 1.807) is 11.0 Å². The third kappa shape index (κ3) is 5.53. The molecule has 2 atom stereocenters. The molecule has 3 N–H and O–H groups in total. The maximum absolute atomic E-state index is 13.6. The van der Waals surface area contributed by atoms with Gasteiger partial charge in [-0.3, -0.25) is 14.5 Å². The van der Waals surface area contributed by atoms with Crippen LogP contribution in [0.4, 0.5) is 0 Å². The highest BCUT2D eigenvalue weighted by molar-refractivity contribution is 6.00. The Balaban J connectivity index is 1.46. The summed E-state index contributed by atoms with van der Waals surface area (Å²) >= 11 is 0. The van der Waals surface area contributed by atoms with E-state index < -0.39 is 11.6 Å². The van der Waals surface area contributed by atoms with Crippen molar-refractivity contribution in [2.75, 3.05) is 6.61 Å². The first-order valence-electron chi connectivity index (χ1n) is 13.8. The van der Waals surface area contributed by atoms with Crippen molar-refractivity contribution in [3.8, 4) is 5.75 Å². The van der Waals surface area contributed by atoms with Crippen LogP contribution >= 0.6 is 0 Å². The summed E-state index contributed by atoms with van der Waals surface area (Å²) in [6.07, 6.45) is 3.06. The molecule has 5 rings (SSSR count). The Morgan fingerprint density at radius 1 is 1.08 bits per heavy atom. The van der Waals surface area contributed by atoms with Crippen LogP contribution in [0.1, 0.15) is 78.7 Å². The number of hydrogen-bond acceptors (Lipinski definition) is 5. The smallest absolute Gasteiger partial charge is 0.251 e. The highest BCUT2D eigenvalue weighted by Crippen LogP contribution is 2.35. The lowest BCUT2D eigenvalue weighted by atomic mass is 9.86. The second-order valence-electron chi connectivity index (χ2n) is 10.4. The van der Waals surface area contributed by atoms with Crippen molar-refractivity contribution in [1.29, 1.82) is 0 Å². The molecule has 3 aromatic rings. The van der Waals surface area contributed by atoms with E-state index >= 15 is 0 Å². The predicted molar refractivity (Wildman–Crippen MR) is 152 cm³/mol. The van der Waals surface area contributed by atoms with Crippen molar-refractivity contribution in [3.63, 3.8) is 0 Å². The van der Waals surface area contributed by atoms with E-state index in [1.807, 2.05) is 86.6 Å². The molecule has 0 saturated heterocycles. The number of benzene rings is 3. The molecule has 7 nitrogen and oxygen atoms in total. The lowest BCUT2D eigenvalue weighted by molar-refractivity contribution is -0.131. The number of ether oxygens (including phenoxy) is 1. The lowest BCUT2D eigenvalue weighted by Crippen LogP contribution is -2.53. The normalized spacial score (nSPS) is 18.9. The number of rotatable bonds is 8. The van der Waals surface area contributed by atoms with Crippen molar-refractivity contribution in [2.24, 2.45) is 10.7 Å². The average Bonchev–Trinajstić information content (AvgIpc) is 2.97. The Morgan fingerprint density at radius 3 is 2.56 bits per heavy atom. The van der Waals surface area contributed by atoms with Gasteiger partial charge in [0, 0.05) is 17.5 Å². The molecule has 3 aromatic carbocycles. The first-order chi connectivity index (χ1) is 18.9. The average molecular weight is 525 g/mol. The molecular weight excluding hydrogens is 488 g/mol. The molecule has 202 valence electrons. The lowest BCUT2D eigenvalue weighted by Gasteiger charge is -2.40. The van der Waals surface area contributed by atoms with Gasteiger partial charge in [-0.2, -0.15) is 0 Å². The van der Waals surface area contributed by atoms with Gasteiger partial charge < -0.3 is 15.8 Å². The van der Waals surface area contributed by atoms with Gasteiger partial charge in [0.25, 0.3) is 5.91 Å². The molecule has 2 aliphatic heterocycles. The van der Waals surface area contributed by atoms with Crippen molar-refractivity contribution in [3.05, 3.63) is 101 Å². The van der Waals surface area contributed by atoms with E-state index in [1.165, 1.54) is 0 Å². The Kier molecular flexibility index (Phi) is 7.68. The van der Waals surface area contributed by atoms with E-state index in [4.69, 9.17) is 15.5 Å². The Morgan fingerprint density at radius 2 is 1.82 bits per heavy atom. The molecule has 0 fully saturated rings. The second-order valence-corrected chi connectivity index (χ2v) is 10.4. The fourth-order valence-electron chi connectivity index (χ4n) is 5.64. The third-order valence-corrected chi connectivity index (χ3v) is 8.04. The largest absolute Gasteiger partial charge is 0.493 e. The summed E-state index contributed by atoms with van der Waals surface area (Å²) in [4.78, 5) is 33.5. The number of carbonyl (C=O) groups excluding carboxylic acids is 2. The number of para-hydroxylation sites is 1. The van der Waals surface area contributed by atoms with E-state index in [-0.39, 0.29) is 23.8 Å². The van der Waals surface area contributed by atoms with Crippen LogP contribution in [0, 0.1) is 0 Å². The van der Waals surface area contributed by atoms with E-state index in [2.05, 4.69) is 5.32 Å². The van der Waals surface area contributed by atoms with Gasteiger partial charge in [0.2, 0.25) is 5.91 Å². The monoisotopic (exact) mass is 524 g/mol. The number of nitrogens with zero attached hydrogens (tertiary/aromatic N) is 2. The SMILES string of the molecule is CCC1(CC)CC(=O)N([C@H](Cc2ccccc2)c2cccc(C(=O)N[C@H]3CCOc4ccccc43)c2)C(N)=N1. The minimum Gasteiger partial charge on any atom is -0.493 e. The topological polar surface area (TPSA) is 97.0 Å². The van der Waals surface area contributed by atoms with Gasteiger partial charge in [0.1, 0.15) is 5.75 Å². The molecule has 2 heterocycles. The van der Waals surface area contributed by atoms with Gasteiger partial charge in [-0.25, -0.2) is 4.99 Å². The first kappa shape index (κ1) is 26.5. The fourth-order valence-corrected chi connectivity index (χ4v) is 5.64. The summed E-state index contributed by atoms with van der Waals surface area (Å²) in [5.74, 6) is 0.837. The summed E-state index contributed by atoms with van der Waals surface area (Å²) < 4.78 is 5.75. The summed E-state index contributed by atoms with van der Waals surface area (Å²) in [6.45, 7) is 4.64. The maximum Gasteiger partial charge on any atom is 0.251 e. The highest BCUT2D eigenvalue weighted by Gasteiger charge is 2.40. The number of hydrogen-bond donors (Lipinski definition) is 2. The van der Waals surface area contributed by atoms with Crippen LogP contribution in [0.25, 0.3) is 0 Å².